The van der Waals surface area contributed by atoms with Crippen molar-refractivity contribution in [1.29, 1.82) is 0 Å². The highest BCUT2D eigenvalue weighted by Crippen LogP contribution is 2.24. The van der Waals surface area contributed by atoms with E-state index in [9.17, 15) is 0 Å². The van der Waals surface area contributed by atoms with E-state index >= 15 is 0 Å². The quantitative estimate of drug-likeness (QED) is 0.796. The van der Waals surface area contributed by atoms with Gasteiger partial charge in [-0.3, -0.25) is 0 Å². The molecule has 0 aliphatic rings. The molecule has 0 saturated carbocycles. The standard InChI is InChI=1S/C12H19NO/c1-9-5-4-6-11(12(9)14-3)8-7-10(2)13/h4-6,10H,7-8,13H2,1-3H3/t10-/m1/s1. The molecule has 1 atom stereocenters. The SMILES string of the molecule is COc1c(C)cccc1CC[C@@H](C)N. The Morgan fingerprint density at radius 1 is 1.43 bits per heavy atom. The maximum absolute atomic E-state index is 5.73. The lowest BCUT2D eigenvalue weighted by molar-refractivity contribution is 0.405. The van der Waals surface area contributed by atoms with Crippen LogP contribution in [0.15, 0.2) is 18.2 Å². The van der Waals surface area contributed by atoms with Gasteiger partial charge in [-0.1, -0.05) is 18.2 Å². The number of para-hydroxylation sites is 1. The molecule has 1 aromatic carbocycles. The number of hydrogen-bond acceptors (Lipinski definition) is 2. The molecular formula is C12H19NO. The van der Waals surface area contributed by atoms with Crippen molar-refractivity contribution >= 4 is 0 Å². The smallest absolute Gasteiger partial charge is 0.124 e. The minimum atomic E-state index is 0.250. The molecule has 0 fully saturated rings. The predicted molar refractivity (Wildman–Crippen MR) is 59.7 cm³/mol. The van der Waals surface area contributed by atoms with E-state index in [1.807, 2.05) is 6.92 Å². The minimum absolute atomic E-state index is 0.250. The van der Waals surface area contributed by atoms with Gasteiger partial charge >= 0.3 is 0 Å². The Balaban J connectivity index is 2.80. The molecule has 0 aromatic heterocycles. The number of benzene rings is 1. The first kappa shape index (κ1) is 11.1. The van der Waals surface area contributed by atoms with Crippen LogP contribution in [0.4, 0.5) is 0 Å². The van der Waals surface area contributed by atoms with Gasteiger partial charge in [0.15, 0.2) is 0 Å². The lowest BCUT2D eigenvalue weighted by Crippen LogP contribution is -2.15. The van der Waals surface area contributed by atoms with Crippen molar-refractivity contribution in [3.05, 3.63) is 29.3 Å². The van der Waals surface area contributed by atoms with Gasteiger partial charge in [0.05, 0.1) is 7.11 Å². The average Bonchev–Trinajstić information content (AvgIpc) is 2.14. The molecule has 78 valence electrons. The fraction of sp³-hybridized carbons (Fsp3) is 0.500. The van der Waals surface area contributed by atoms with Crippen molar-refractivity contribution in [3.63, 3.8) is 0 Å². The zero-order valence-electron chi connectivity index (χ0n) is 9.21. The summed E-state index contributed by atoms with van der Waals surface area (Å²) >= 11 is 0. The molecule has 14 heavy (non-hydrogen) atoms. The number of nitrogens with two attached hydrogens (primary N) is 1. The van der Waals surface area contributed by atoms with Gasteiger partial charge in [0.2, 0.25) is 0 Å². The van der Waals surface area contributed by atoms with E-state index in [2.05, 4.69) is 25.1 Å². The topological polar surface area (TPSA) is 35.2 Å². The van der Waals surface area contributed by atoms with Crippen molar-refractivity contribution in [2.24, 2.45) is 5.73 Å². The van der Waals surface area contributed by atoms with E-state index in [4.69, 9.17) is 10.5 Å². The molecule has 1 rings (SSSR count). The lowest BCUT2D eigenvalue weighted by atomic mass is 10.0. The fourth-order valence-corrected chi connectivity index (χ4v) is 1.59. The Labute approximate surface area is 86.1 Å². The van der Waals surface area contributed by atoms with Crippen molar-refractivity contribution in [2.75, 3.05) is 7.11 Å². The number of methoxy groups -OCH3 is 1. The third-order valence-corrected chi connectivity index (χ3v) is 2.37. The van der Waals surface area contributed by atoms with E-state index < -0.39 is 0 Å². The van der Waals surface area contributed by atoms with Gasteiger partial charge in [0.25, 0.3) is 0 Å². The summed E-state index contributed by atoms with van der Waals surface area (Å²) in [5, 5.41) is 0. The molecule has 2 heteroatoms. The van der Waals surface area contributed by atoms with Gasteiger partial charge in [-0.05, 0) is 37.8 Å². The van der Waals surface area contributed by atoms with Crippen molar-refractivity contribution in [3.8, 4) is 5.75 Å². The van der Waals surface area contributed by atoms with Crippen molar-refractivity contribution < 1.29 is 4.74 Å². The van der Waals surface area contributed by atoms with Crippen LogP contribution in [0, 0.1) is 6.92 Å². The summed E-state index contributed by atoms with van der Waals surface area (Å²) in [4.78, 5) is 0. The van der Waals surface area contributed by atoms with E-state index in [0.29, 0.717) is 0 Å². The Morgan fingerprint density at radius 3 is 2.71 bits per heavy atom. The Hall–Kier alpha value is -1.02. The van der Waals surface area contributed by atoms with E-state index in [1.165, 1.54) is 11.1 Å². The van der Waals surface area contributed by atoms with Crippen LogP contribution < -0.4 is 10.5 Å². The summed E-state index contributed by atoms with van der Waals surface area (Å²) in [6, 6.07) is 6.48. The van der Waals surface area contributed by atoms with Crippen LogP contribution in [0.1, 0.15) is 24.5 Å². The molecular weight excluding hydrogens is 174 g/mol. The maximum atomic E-state index is 5.73. The second-order valence-electron chi connectivity index (χ2n) is 3.78. The monoisotopic (exact) mass is 193 g/mol. The van der Waals surface area contributed by atoms with Crippen LogP contribution >= 0.6 is 0 Å². The number of hydrogen-bond donors (Lipinski definition) is 1. The van der Waals surface area contributed by atoms with Crippen molar-refractivity contribution in [1.82, 2.24) is 0 Å². The molecule has 0 saturated heterocycles. The Kier molecular flexibility index (Phi) is 3.96. The van der Waals surface area contributed by atoms with Gasteiger partial charge in [-0.15, -0.1) is 0 Å². The number of rotatable bonds is 4. The molecule has 0 bridgehead atoms. The van der Waals surface area contributed by atoms with Crippen LogP contribution in [0.5, 0.6) is 5.75 Å². The third kappa shape index (κ3) is 2.74. The maximum Gasteiger partial charge on any atom is 0.124 e. The first-order valence-electron chi connectivity index (χ1n) is 5.03. The third-order valence-electron chi connectivity index (χ3n) is 2.37. The summed E-state index contributed by atoms with van der Waals surface area (Å²) < 4.78 is 5.37. The second kappa shape index (κ2) is 5.01. The van der Waals surface area contributed by atoms with Gasteiger partial charge in [0, 0.05) is 6.04 Å². The highest BCUT2D eigenvalue weighted by atomic mass is 16.5. The van der Waals surface area contributed by atoms with Crippen LogP contribution in [-0.4, -0.2) is 13.2 Å². The van der Waals surface area contributed by atoms with Crippen LogP contribution in [-0.2, 0) is 6.42 Å². The number of ether oxygens (including phenoxy) is 1. The first-order chi connectivity index (χ1) is 6.65. The van der Waals surface area contributed by atoms with Crippen LogP contribution in [0.3, 0.4) is 0 Å². The molecule has 0 aliphatic carbocycles. The van der Waals surface area contributed by atoms with Crippen LogP contribution in [0.25, 0.3) is 0 Å². The predicted octanol–water partition coefficient (Wildman–Crippen LogP) is 2.28. The van der Waals surface area contributed by atoms with Gasteiger partial charge in [-0.25, -0.2) is 0 Å². The highest BCUT2D eigenvalue weighted by molar-refractivity contribution is 5.40. The molecule has 0 radical (unpaired) electrons. The Morgan fingerprint density at radius 2 is 2.14 bits per heavy atom. The normalized spacial score (nSPS) is 12.6. The Bertz CT molecular complexity index is 294. The zero-order valence-corrected chi connectivity index (χ0v) is 9.21. The molecule has 2 N–H and O–H groups in total. The molecule has 2 nitrogen and oxygen atoms in total. The van der Waals surface area contributed by atoms with Gasteiger partial charge in [-0.2, -0.15) is 0 Å². The summed E-state index contributed by atoms with van der Waals surface area (Å²) in [5.41, 5.74) is 8.17. The molecule has 0 heterocycles. The second-order valence-corrected chi connectivity index (χ2v) is 3.78. The van der Waals surface area contributed by atoms with Crippen molar-refractivity contribution in [2.45, 2.75) is 32.7 Å². The largest absolute Gasteiger partial charge is 0.496 e. The summed E-state index contributed by atoms with van der Waals surface area (Å²) in [7, 11) is 1.72. The molecule has 1 aromatic rings. The van der Waals surface area contributed by atoms with E-state index in [-0.39, 0.29) is 6.04 Å². The summed E-state index contributed by atoms with van der Waals surface area (Å²) in [5.74, 6) is 1.01. The summed E-state index contributed by atoms with van der Waals surface area (Å²) in [6.45, 7) is 4.09. The van der Waals surface area contributed by atoms with Crippen LogP contribution in [0.2, 0.25) is 0 Å². The highest BCUT2D eigenvalue weighted by Gasteiger charge is 2.05. The average molecular weight is 193 g/mol. The van der Waals surface area contributed by atoms with Gasteiger partial charge < -0.3 is 10.5 Å². The van der Waals surface area contributed by atoms with E-state index in [0.717, 1.165) is 18.6 Å². The number of aryl methyl sites for hydroxylation is 2. The lowest BCUT2D eigenvalue weighted by Gasteiger charge is -2.12. The van der Waals surface area contributed by atoms with Gasteiger partial charge in [0.1, 0.15) is 5.75 Å². The first-order valence-corrected chi connectivity index (χ1v) is 5.03. The molecule has 0 spiro atoms. The van der Waals surface area contributed by atoms with E-state index in [1.54, 1.807) is 7.11 Å². The summed E-state index contributed by atoms with van der Waals surface area (Å²) in [6.07, 6.45) is 1.99. The molecule has 0 amide bonds. The zero-order chi connectivity index (χ0) is 10.6. The minimum Gasteiger partial charge on any atom is -0.496 e. The molecule has 0 aliphatic heterocycles. The fourth-order valence-electron chi connectivity index (χ4n) is 1.59. The molecule has 0 unspecified atom stereocenters.